The molecule has 158 valence electrons. The molecule has 2 aromatic heterocycles. The van der Waals surface area contributed by atoms with Crippen molar-refractivity contribution >= 4 is 33.4 Å². The SMILES string of the molecule is Cc1cc(NC(=O)Cc2cccc3ccccc23)n(-c2cc(C)c3cccc(C)c3n2)n1. The number of nitrogens with one attached hydrogen (secondary N) is 1. The van der Waals surface area contributed by atoms with Crippen molar-refractivity contribution < 1.29 is 4.79 Å². The molecule has 1 amide bonds. The molecule has 0 atom stereocenters. The molecule has 32 heavy (non-hydrogen) atoms. The van der Waals surface area contributed by atoms with Gasteiger partial charge in [0.05, 0.1) is 17.6 Å². The van der Waals surface area contributed by atoms with Crippen LogP contribution in [-0.4, -0.2) is 20.7 Å². The number of hydrogen-bond acceptors (Lipinski definition) is 3. The van der Waals surface area contributed by atoms with Gasteiger partial charge >= 0.3 is 0 Å². The Balaban J connectivity index is 1.48. The molecule has 0 saturated heterocycles. The monoisotopic (exact) mass is 420 g/mol. The summed E-state index contributed by atoms with van der Waals surface area (Å²) in [5.74, 6) is 1.22. The summed E-state index contributed by atoms with van der Waals surface area (Å²) in [5, 5.41) is 11.0. The molecule has 5 aromatic rings. The van der Waals surface area contributed by atoms with Gasteiger partial charge in [0.2, 0.25) is 5.91 Å². The number of nitrogens with zero attached hydrogens (tertiary/aromatic N) is 3. The third-order valence-electron chi connectivity index (χ3n) is 5.78. The van der Waals surface area contributed by atoms with Crippen LogP contribution in [0.3, 0.4) is 0 Å². The van der Waals surface area contributed by atoms with Crippen LogP contribution in [0.15, 0.2) is 72.8 Å². The molecule has 5 rings (SSSR count). The number of aromatic nitrogens is 3. The van der Waals surface area contributed by atoms with Crippen LogP contribution in [0, 0.1) is 20.8 Å². The van der Waals surface area contributed by atoms with E-state index >= 15 is 0 Å². The summed E-state index contributed by atoms with van der Waals surface area (Å²) in [6.45, 7) is 6.04. The average Bonchev–Trinajstić information content (AvgIpc) is 3.14. The van der Waals surface area contributed by atoms with Crippen molar-refractivity contribution in [2.45, 2.75) is 27.2 Å². The maximum atomic E-state index is 13.0. The maximum absolute atomic E-state index is 13.0. The van der Waals surface area contributed by atoms with Gasteiger partial charge < -0.3 is 5.32 Å². The van der Waals surface area contributed by atoms with Gasteiger partial charge in [0, 0.05) is 11.5 Å². The maximum Gasteiger partial charge on any atom is 0.229 e. The zero-order chi connectivity index (χ0) is 22.2. The Morgan fingerprint density at radius 3 is 2.50 bits per heavy atom. The zero-order valence-corrected chi connectivity index (χ0v) is 18.4. The van der Waals surface area contributed by atoms with Gasteiger partial charge in [0.1, 0.15) is 5.82 Å². The van der Waals surface area contributed by atoms with Gasteiger partial charge in [0.25, 0.3) is 0 Å². The highest BCUT2D eigenvalue weighted by Gasteiger charge is 2.15. The number of hydrogen-bond donors (Lipinski definition) is 1. The number of fused-ring (bicyclic) bond motifs is 2. The van der Waals surface area contributed by atoms with E-state index in [4.69, 9.17) is 4.98 Å². The quantitative estimate of drug-likeness (QED) is 0.407. The second-order valence-corrected chi connectivity index (χ2v) is 8.21. The van der Waals surface area contributed by atoms with E-state index in [0.717, 1.165) is 44.1 Å². The summed E-state index contributed by atoms with van der Waals surface area (Å²) >= 11 is 0. The number of benzene rings is 3. The minimum Gasteiger partial charge on any atom is -0.310 e. The average molecular weight is 421 g/mol. The van der Waals surface area contributed by atoms with Crippen molar-refractivity contribution in [1.29, 1.82) is 0 Å². The van der Waals surface area contributed by atoms with Crippen molar-refractivity contribution in [2.75, 3.05) is 5.32 Å². The lowest BCUT2D eigenvalue weighted by Gasteiger charge is -2.12. The first kappa shape index (κ1) is 19.9. The van der Waals surface area contributed by atoms with Gasteiger partial charge in [-0.25, -0.2) is 4.98 Å². The summed E-state index contributed by atoms with van der Waals surface area (Å²) in [6.07, 6.45) is 0.287. The largest absolute Gasteiger partial charge is 0.310 e. The third kappa shape index (κ3) is 3.62. The Morgan fingerprint density at radius 1 is 0.875 bits per heavy atom. The van der Waals surface area contributed by atoms with E-state index in [1.165, 1.54) is 0 Å². The zero-order valence-electron chi connectivity index (χ0n) is 18.4. The van der Waals surface area contributed by atoms with Crippen LogP contribution in [0.25, 0.3) is 27.5 Å². The van der Waals surface area contributed by atoms with Crippen molar-refractivity contribution in [3.63, 3.8) is 0 Å². The van der Waals surface area contributed by atoms with Gasteiger partial charge in [-0.2, -0.15) is 9.78 Å². The van der Waals surface area contributed by atoms with E-state index in [-0.39, 0.29) is 12.3 Å². The molecule has 0 aliphatic rings. The van der Waals surface area contributed by atoms with Crippen LogP contribution < -0.4 is 5.32 Å². The number of para-hydroxylation sites is 1. The summed E-state index contributed by atoms with van der Waals surface area (Å²) in [6, 6.07) is 24.2. The molecule has 1 N–H and O–H groups in total. The summed E-state index contributed by atoms with van der Waals surface area (Å²) < 4.78 is 1.72. The lowest BCUT2D eigenvalue weighted by Crippen LogP contribution is -2.17. The lowest BCUT2D eigenvalue weighted by molar-refractivity contribution is -0.115. The molecule has 0 fully saturated rings. The van der Waals surface area contributed by atoms with Crippen LogP contribution in [0.1, 0.15) is 22.4 Å². The van der Waals surface area contributed by atoms with E-state index in [0.29, 0.717) is 11.6 Å². The number of carbonyl (C=O) groups excluding carboxylic acids is 1. The van der Waals surface area contributed by atoms with E-state index in [9.17, 15) is 4.79 Å². The van der Waals surface area contributed by atoms with Gasteiger partial charge in [0.15, 0.2) is 5.82 Å². The summed E-state index contributed by atoms with van der Waals surface area (Å²) in [7, 11) is 0. The smallest absolute Gasteiger partial charge is 0.229 e. The fourth-order valence-electron chi connectivity index (χ4n) is 4.22. The van der Waals surface area contributed by atoms with E-state index < -0.39 is 0 Å². The van der Waals surface area contributed by atoms with E-state index in [1.807, 2.05) is 49.4 Å². The predicted octanol–water partition coefficient (Wildman–Crippen LogP) is 5.68. The van der Waals surface area contributed by atoms with Crippen LogP contribution in [-0.2, 0) is 11.2 Å². The lowest BCUT2D eigenvalue weighted by atomic mass is 10.0. The fraction of sp³-hybridized carbons (Fsp3) is 0.148. The van der Waals surface area contributed by atoms with Gasteiger partial charge in [-0.1, -0.05) is 60.7 Å². The Labute approximate surface area is 186 Å². The normalized spacial score (nSPS) is 11.2. The van der Waals surface area contributed by atoms with E-state index in [1.54, 1.807) is 4.68 Å². The highest BCUT2D eigenvalue weighted by molar-refractivity contribution is 5.96. The first-order valence-electron chi connectivity index (χ1n) is 10.7. The molecule has 0 aliphatic carbocycles. The van der Waals surface area contributed by atoms with Crippen LogP contribution in [0.2, 0.25) is 0 Å². The molecule has 5 heteroatoms. The molecule has 0 saturated carbocycles. The number of carbonyl (C=O) groups is 1. The second kappa shape index (κ2) is 7.93. The first-order chi connectivity index (χ1) is 15.5. The van der Waals surface area contributed by atoms with Gasteiger partial charge in [-0.05, 0) is 54.3 Å². The summed E-state index contributed by atoms with van der Waals surface area (Å²) in [5.41, 5.74) is 4.99. The van der Waals surface area contributed by atoms with Crippen molar-refractivity contribution in [3.8, 4) is 5.82 Å². The van der Waals surface area contributed by atoms with Crippen molar-refractivity contribution in [1.82, 2.24) is 14.8 Å². The second-order valence-electron chi connectivity index (χ2n) is 8.21. The number of aryl methyl sites for hydroxylation is 3. The number of pyridine rings is 1. The molecule has 3 aromatic carbocycles. The highest BCUT2D eigenvalue weighted by atomic mass is 16.1. The van der Waals surface area contributed by atoms with Crippen LogP contribution in [0.5, 0.6) is 0 Å². The molecule has 0 radical (unpaired) electrons. The molecule has 0 unspecified atom stereocenters. The first-order valence-corrected chi connectivity index (χ1v) is 10.7. The van der Waals surface area contributed by atoms with Gasteiger partial charge in [-0.15, -0.1) is 0 Å². The number of rotatable bonds is 4. The predicted molar refractivity (Wildman–Crippen MR) is 129 cm³/mol. The number of anilines is 1. The fourth-order valence-corrected chi connectivity index (χ4v) is 4.22. The standard InChI is InChI=1S/C27H24N4O/c1-17-8-6-13-22-18(2)14-24(29-27(17)22)31-25(15-19(3)30-31)28-26(32)16-21-11-7-10-20-9-4-5-12-23(20)21/h4-15H,16H2,1-3H3,(H,28,32). The Morgan fingerprint density at radius 2 is 1.62 bits per heavy atom. The number of amides is 1. The summed E-state index contributed by atoms with van der Waals surface area (Å²) in [4.78, 5) is 17.8. The van der Waals surface area contributed by atoms with Crippen LogP contribution in [0.4, 0.5) is 5.82 Å². The molecule has 2 heterocycles. The van der Waals surface area contributed by atoms with Gasteiger partial charge in [-0.3, -0.25) is 4.79 Å². The molecular weight excluding hydrogens is 396 g/mol. The van der Waals surface area contributed by atoms with Crippen molar-refractivity contribution in [2.24, 2.45) is 0 Å². The molecule has 5 nitrogen and oxygen atoms in total. The van der Waals surface area contributed by atoms with Crippen molar-refractivity contribution in [3.05, 3.63) is 95.2 Å². The minimum atomic E-state index is -0.0869. The van der Waals surface area contributed by atoms with E-state index in [2.05, 4.69) is 54.6 Å². The molecule has 0 spiro atoms. The Hall–Kier alpha value is -3.99. The molecular formula is C27H24N4O. The topological polar surface area (TPSA) is 59.8 Å². The molecule has 0 aliphatic heterocycles. The van der Waals surface area contributed by atoms with Crippen LogP contribution >= 0.6 is 0 Å². The Kier molecular flexibility index (Phi) is 4.94. The third-order valence-corrected chi connectivity index (χ3v) is 5.78. The Bertz CT molecular complexity index is 1480. The highest BCUT2D eigenvalue weighted by Crippen LogP contribution is 2.25. The molecule has 0 bridgehead atoms. The minimum absolute atomic E-state index is 0.0869.